The van der Waals surface area contributed by atoms with E-state index in [-0.39, 0.29) is 50.1 Å². The Morgan fingerprint density at radius 3 is 2.32 bits per heavy atom. The first-order valence-electron chi connectivity index (χ1n) is 24.9. The monoisotopic (exact) mass is 984 g/mol. The van der Waals surface area contributed by atoms with Crippen LogP contribution in [0.2, 0.25) is 0 Å². The molecule has 5 heterocycles. The average molecular weight is 985 g/mol. The van der Waals surface area contributed by atoms with E-state index in [9.17, 15) is 24.0 Å². The van der Waals surface area contributed by atoms with E-state index >= 15 is 0 Å². The van der Waals surface area contributed by atoms with E-state index < -0.39 is 23.4 Å². The molecule has 2 aromatic heterocycles. The minimum atomic E-state index is -0.728. The minimum Gasteiger partial charge on any atom is -0.494 e. The van der Waals surface area contributed by atoms with Crippen LogP contribution in [0.3, 0.4) is 0 Å². The van der Waals surface area contributed by atoms with Gasteiger partial charge in [0.05, 0.1) is 51.6 Å². The molecule has 0 aliphatic carbocycles. The summed E-state index contributed by atoms with van der Waals surface area (Å²) in [5.41, 5.74) is 11.9. The van der Waals surface area contributed by atoms with Gasteiger partial charge < -0.3 is 45.5 Å². The minimum absolute atomic E-state index is 0.118. The average Bonchev–Trinajstić information content (AvgIpc) is 4.03. The SMILES string of the molecule is CCc1c(C(N)=O)ccc(-c2cccc(OCCCCCCOCCOCCOCCC(=O)Nc3cccc4c3CN(C3CCC(=O)NC3=O)C4=O)c2)c1NC1(c2nc(-c3ccncc3)n[nH]2)CCNCC1. The smallest absolute Gasteiger partial charge is 0.255 e. The van der Waals surface area contributed by atoms with Crippen molar-refractivity contribution in [3.05, 3.63) is 107 Å². The van der Waals surface area contributed by atoms with Crippen LogP contribution < -0.4 is 31.7 Å². The number of fused-ring (bicyclic) bond motifs is 1. The van der Waals surface area contributed by atoms with Crippen LogP contribution in [0, 0.1) is 0 Å². The molecule has 3 aromatic carbocycles. The fraction of sp³-hybridized carbons (Fsp3) is 0.434. The number of hydrogen-bond acceptors (Lipinski definition) is 14. The van der Waals surface area contributed by atoms with Crippen LogP contribution >= 0.6 is 0 Å². The second-order valence-electron chi connectivity index (χ2n) is 18.1. The van der Waals surface area contributed by atoms with Crippen LogP contribution in [0.4, 0.5) is 11.4 Å². The molecule has 19 nitrogen and oxygen atoms in total. The maximum atomic E-state index is 13.1. The van der Waals surface area contributed by atoms with Crippen LogP contribution in [0.5, 0.6) is 5.75 Å². The summed E-state index contributed by atoms with van der Waals surface area (Å²) in [5.74, 6) is 0.218. The number of aromatic amines is 1. The Balaban J connectivity index is 0.713. The third-order valence-corrected chi connectivity index (χ3v) is 13.3. The number of imide groups is 1. The summed E-state index contributed by atoms with van der Waals surface area (Å²) >= 11 is 0. The van der Waals surface area contributed by atoms with E-state index in [1.165, 1.54) is 4.90 Å². The zero-order chi connectivity index (χ0) is 50.3. The molecular formula is C53H64N10O9. The number of unbranched alkanes of at least 4 members (excludes halogenated alkanes) is 3. The van der Waals surface area contributed by atoms with Crippen molar-refractivity contribution in [1.29, 1.82) is 0 Å². The van der Waals surface area contributed by atoms with E-state index in [0.717, 1.165) is 91.1 Å². The van der Waals surface area contributed by atoms with Gasteiger partial charge in [-0.2, -0.15) is 5.10 Å². The second-order valence-corrected chi connectivity index (χ2v) is 18.1. The molecule has 0 spiro atoms. The summed E-state index contributed by atoms with van der Waals surface area (Å²) < 4.78 is 23.2. The van der Waals surface area contributed by atoms with Gasteiger partial charge in [-0.25, -0.2) is 4.98 Å². The number of nitrogens with one attached hydrogen (secondary N) is 5. The van der Waals surface area contributed by atoms with Crippen molar-refractivity contribution in [2.75, 3.05) is 70.0 Å². The number of benzene rings is 3. The highest BCUT2D eigenvalue weighted by atomic mass is 16.5. The molecule has 8 rings (SSSR count). The Hall–Kier alpha value is -7.06. The van der Waals surface area contributed by atoms with Gasteiger partial charge in [0.1, 0.15) is 11.8 Å². The number of carbonyl (C=O) groups is 5. The molecule has 5 aromatic rings. The van der Waals surface area contributed by atoms with Gasteiger partial charge in [0.2, 0.25) is 23.6 Å². The molecule has 2 fully saturated rings. The van der Waals surface area contributed by atoms with E-state index in [1.54, 1.807) is 30.6 Å². The predicted molar refractivity (Wildman–Crippen MR) is 269 cm³/mol. The highest BCUT2D eigenvalue weighted by Crippen LogP contribution is 2.41. The van der Waals surface area contributed by atoms with Gasteiger partial charge in [-0.3, -0.25) is 39.4 Å². The molecule has 7 N–H and O–H groups in total. The Morgan fingerprint density at radius 1 is 0.833 bits per heavy atom. The first-order valence-corrected chi connectivity index (χ1v) is 24.9. The van der Waals surface area contributed by atoms with Gasteiger partial charge in [-0.05, 0) is 112 Å². The number of piperidine rings is 2. The zero-order valence-electron chi connectivity index (χ0n) is 40.8. The molecule has 380 valence electrons. The van der Waals surface area contributed by atoms with Crippen molar-refractivity contribution >= 4 is 40.9 Å². The van der Waals surface area contributed by atoms with Gasteiger partial charge in [-0.1, -0.05) is 37.6 Å². The molecule has 2 saturated heterocycles. The van der Waals surface area contributed by atoms with Crippen molar-refractivity contribution in [3.8, 4) is 28.3 Å². The lowest BCUT2D eigenvalue weighted by molar-refractivity contribution is -0.137. The van der Waals surface area contributed by atoms with Crippen LogP contribution in [-0.4, -0.2) is 120 Å². The Labute approximate surface area is 418 Å². The number of pyridine rings is 1. The van der Waals surface area contributed by atoms with E-state index in [4.69, 9.17) is 29.7 Å². The lowest BCUT2D eigenvalue weighted by Crippen LogP contribution is -2.52. The lowest BCUT2D eigenvalue weighted by Gasteiger charge is -2.39. The number of anilines is 2. The summed E-state index contributed by atoms with van der Waals surface area (Å²) in [4.78, 5) is 73.1. The number of H-pyrrole nitrogens is 1. The number of hydrogen-bond donors (Lipinski definition) is 6. The third kappa shape index (κ3) is 12.7. The molecule has 72 heavy (non-hydrogen) atoms. The Kier molecular flexibility index (Phi) is 17.7. The summed E-state index contributed by atoms with van der Waals surface area (Å²) in [7, 11) is 0. The topological polar surface area (TPSA) is 254 Å². The fourth-order valence-electron chi connectivity index (χ4n) is 9.47. The number of aromatic nitrogens is 4. The maximum absolute atomic E-state index is 13.1. The Bertz CT molecular complexity index is 2690. The summed E-state index contributed by atoms with van der Waals surface area (Å²) in [6, 6.07) is 20.0. The maximum Gasteiger partial charge on any atom is 0.255 e. The van der Waals surface area contributed by atoms with Crippen molar-refractivity contribution in [2.45, 2.75) is 89.3 Å². The first-order chi connectivity index (χ1) is 35.1. The van der Waals surface area contributed by atoms with Crippen molar-refractivity contribution < 1.29 is 42.9 Å². The lowest BCUT2D eigenvalue weighted by atomic mass is 9.85. The number of ether oxygens (including phenoxy) is 4. The number of nitrogens with zero attached hydrogens (tertiary/aromatic N) is 4. The highest BCUT2D eigenvalue weighted by Gasteiger charge is 2.41. The quantitative estimate of drug-likeness (QED) is 0.0289. The molecule has 3 aliphatic rings. The second kappa shape index (κ2) is 24.9. The fourth-order valence-corrected chi connectivity index (χ4v) is 9.47. The summed E-state index contributed by atoms with van der Waals surface area (Å²) in [6.45, 7) is 6.76. The number of nitrogens with two attached hydrogens (primary N) is 1. The van der Waals surface area contributed by atoms with Crippen LogP contribution in [0.25, 0.3) is 22.5 Å². The molecule has 0 saturated carbocycles. The van der Waals surface area contributed by atoms with Gasteiger partial charge in [-0.15, -0.1) is 0 Å². The van der Waals surface area contributed by atoms with Crippen molar-refractivity contribution in [3.63, 3.8) is 0 Å². The Morgan fingerprint density at radius 2 is 1.57 bits per heavy atom. The van der Waals surface area contributed by atoms with Gasteiger partial charge in [0.15, 0.2) is 11.6 Å². The number of rotatable bonds is 26. The van der Waals surface area contributed by atoms with Crippen LogP contribution in [0.15, 0.2) is 79.1 Å². The summed E-state index contributed by atoms with van der Waals surface area (Å²) in [5, 5.41) is 20.4. The standard InChI is InChI=1S/C53H64N10O9/c1-2-38-40(48(54)66)14-13-39(47(38)60-53(20-24-56-25-21-53)52-59-49(61-62-52)35-17-22-55-23-18-35)36-9-7-10-37(33-36)72-27-6-4-3-5-26-69-29-31-71-32-30-70-28-19-46(65)57-43-12-8-11-41-42(43)34-63(51(41)68)44-15-16-45(64)58-50(44)67/h7-14,17-18,22-23,33,44,56,60H,2-6,15-16,19-21,24-32,34H2,1H3,(H2,54,66)(H,57,65)(H,58,64,67)(H,59,61,62). The molecule has 19 heteroatoms. The van der Waals surface area contributed by atoms with Gasteiger partial charge >= 0.3 is 0 Å². The van der Waals surface area contributed by atoms with Crippen molar-refractivity contribution in [1.82, 2.24) is 35.7 Å². The highest BCUT2D eigenvalue weighted by molar-refractivity contribution is 6.07. The third-order valence-electron chi connectivity index (χ3n) is 13.3. The van der Waals surface area contributed by atoms with Gasteiger partial charge in [0.25, 0.3) is 5.91 Å². The van der Waals surface area contributed by atoms with E-state index in [0.29, 0.717) is 74.3 Å². The molecule has 0 radical (unpaired) electrons. The number of amides is 5. The normalized spacial score (nSPS) is 16.3. The molecule has 1 unspecified atom stereocenters. The number of primary amides is 1. The molecule has 1 atom stereocenters. The predicted octanol–water partition coefficient (Wildman–Crippen LogP) is 5.66. The molecule has 5 amide bonds. The van der Waals surface area contributed by atoms with Crippen LogP contribution in [0.1, 0.15) is 102 Å². The van der Waals surface area contributed by atoms with Crippen molar-refractivity contribution in [2.24, 2.45) is 5.73 Å². The number of carbonyl (C=O) groups excluding carboxylic acids is 5. The van der Waals surface area contributed by atoms with E-state index in [1.807, 2.05) is 49.4 Å². The molecule has 0 bridgehead atoms. The molecule has 3 aliphatic heterocycles. The van der Waals surface area contributed by atoms with E-state index in [2.05, 4.69) is 42.5 Å². The van der Waals surface area contributed by atoms with Gasteiger partial charge in [0, 0.05) is 71.2 Å². The zero-order valence-corrected chi connectivity index (χ0v) is 40.8. The first kappa shape index (κ1) is 51.3. The summed E-state index contributed by atoms with van der Waals surface area (Å²) in [6.07, 6.45) is 9.88. The largest absolute Gasteiger partial charge is 0.494 e. The molecular weight excluding hydrogens is 921 g/mol. The van der Waals surface area contributed by atoms with Crippen LogP contribution in [-0.2, 0) is 47.1 Å².